The van der Waals surface area contributed by atoms with Crippen LogP contribution < -0.4 is 5.32 Å². The number of nitrogens with two attached hydrogens (primary N) is 1. The molecule has 0 radical (unpaired) electrons. The summed E-state index contributed by atoms with van der Waals surface area (Å²) in [7, 11) is 1.58. The van der Waals surface area contributed by atoms with Crippen LogP contribution in [0.25, 0.3) is 0 Å². The van der Waals surface area contributed by atoms with Gasteiger partial charge < -0.3 is 14.8 Å². The molecule has 0 bridgehead atoms. The summed E-state index contributed by atoms with van der Waals surface area (Å²) in [6.07, 6.45) is 1.78. The van der Waals surface area contributed by atoms with Crippen LogP contribution in [0.4, 0.5) is 0 Å². The molecular weight excluding hydrogens is 170 g/mol. The largest absolute Gasteiger partial charge is 0.464 e. The lowest BCUT2D eigenvalue weighted by Gasteiger charge is -2.31. The van der Waals surface area contributed by atoms with E-state index in [-0.39, 0.29) is 5.97 Å². The molecule has 13 heavy (non-hydrogen) atoms. The number of piperidine rings is 1. The van der Waals surface area contributed by atoms with Crippen molar-refractivity contribution in [3.8, 4) is 0 Å². The van der Waals surface area contributed by atoms with Crippen LogP contribution in [0.3, 0.4) is 0 Å². The Morgan fingerprint density at radius 3 is 2.85 bits per heavy atom. The second-order valence-corrected chi connectivity index (χ2v) is 3.30. The Labute approximate surface area is 78.6 Å². The zero-order chi connectivity index (χ0) is 9.73. The summed E-state index contributed by atoms with van der Waals surface area (Å²) < 4.78 is 10.3. The van der Waals surface area contributed by atoms with Gasteiger partial charge in [-0.15, -0.1) is 0 Å². The van der Waals surface area contributed by atoms with Gasteiger partial charge >= 0.3 is 5.97 Å². The SMILES string of the molecule is CCOC(=O)C1(OC)CCC[NH2+]C1. The monoisotopic (exact) mass is 188 g/mol. The number of carbonyl (C=O) groups excluding carboxylic acids is 1. The van der Waals surface area contributed by atoms with Crippen molar-refractivity contribution in [3.63, 3.8) is 0 Å². The van der Waals surface area contributed by atoms with Gasteiger partial charge in [-0.25, -0.2) is 4.79 Å². The van der Waals surface area contributed by atoms with E-state index >= 15 is 0 Å². The normalized spacial score (nSPS) is 28.5. The van der Waals surface area contributed by atoms with E-state index < -0.39 is 5.60 Å². The lowest BCUT2D eigenvalue weighted by Crippen LogP contribution is -2.91. The molecule has 76 valence electrons. The molecule has 4 heteroatoms. The highest BCUT2D eigenvalue weighted by Gasteiger charge is 2.43. The van der Waals surface area contributed by atoms with Gasteiger partial charge in [0.05, 0.1) is 13.2 Å². The molecule has 0 saturated carbocycles. The van der Waals surface area contributed by atoms with Crippen molar-refractivity contribution in [2.24, 2.45) is 0 Å². The number of rotatable bonds is 3. The van der Waals surface area contributed by atoms with Crippen LogP contribution in [0.1, 0.15) is 19.8 Å². The molecule has 1 atom stereocenters. The molecule has 1 aliphatic heterocycles. The average Bonchev–Trinajstić information content (AvgIpc) is 2.19. The summed E-state index contributed by atoms with van der Waals surface area (Å²) in [4.78, 5) is 11.6. The Morgan fingerprint density at radius 1 is 1.62 bits per heavy atom. The van der Waals surface area contributed by atoms with Gasteiger partial charge in [0, 0.05) is 7.11 Å². The highest BCUT2D eigenvalue weighted by Crippen LogP contribution is 2.19. The molecule has 1 fully saturated rings. The first kappa shape index (κ1) is 10.5. The predicted molar refractivity (Wildman–Crippen MR) is 47.3 cm³/mol. The molecule has 0 amide bonds. The van der Waals surface area contributed by atoms with Crippen LogP contribution in [-0.2, 0) is 14.3 Å². The molecule has 1 unspecified atom stereocenters. The smallest absolute Gasteiger partial charge is 0.344 e. The van der Waals surface area contributed by atoms with Gasteiger partial charge in [0.2, 0.25) is 5.60 Å². The lowest BCUT2D eigenvalue weighted by atomic mass is 9.94. The van der Waals surface area contributed by atoms with Gasteiger partial charge in [0.25, 0.3) is 0 Å². The Morgan fingerprint density at radius 2 is 2.38 bits per heavy atom. The third-order valence-electron chi connectivity index (χ3n) is 2.50. The number of hydrogen-bond donors (Lipinski definition) is 1. The molecule has 1 saturated heterocycles. The van der Waals surface area contributed by atoms with Crippen molar-refractivity contribution in [1.29, 1.82) is 0 Å². The highest BCUT2D eigenvalue weighted by atomic mass is 16.6. The topological polar surface area (TPSA) is 52.1 Å². The minimum Gasteiger partial charge on any atom is -0.464 e. The van der Waals surface area contributed by atoms with E-state index in [0.717, 1.165) is 19.4 Å². The molecule has 0 aliphatic carbocycles. The minimum atomic E-state index is -0.686. The molecule has 4 nitrogen and oxygen atoms in total. The van der Waals surface area contributed by atoms with Gasteiger partial charge in [0.15, 0.2) is 0 Å². The standard InChI is InChI=1S/C9H17NO3/c1-3-13-8(11)9(12-2)5-4-6-10-7-9/h10H,3-7H2,1-2H3/p+1. The van der Waals surface area contributed by atoms with Crippen molar-refractivity contribution in [1.82, 2.24) is 0 Å². The maximum Gasteiger partial charge on any atom is 0.344 e. The summed E-state index contributed by atoms with van der Waals surface area (Å²) in [5, 5.41) is 2.10. The zero-order valence-corrected chi connectivity index (χ0v) is 8.34. The second kappa shape index (κ2) is 4.58. The van der Waals surface area contributed by atoms with Crippen LogP contribution in [0, 0.1) is 0 Å². The van der Waals surface area contributed by atoms with E-state index in [1.165, 1.54) is 0 Å². The van der Waals surface area contributed by atoms with Crippen LogP contribution in [0.2, 0.25) is 0 Å². The van der Waals surface area contributed by atoms with Gasteiger partial charge in [-0.2, -0.15) is 0 Å². The van der Waals surface area contributed by atoms with Gasteiger partial charge in [-0.05, 0) is 19.8 Å². The first-order chi connectivity index (χ1) is 6.25. The number of quaternary nitrogens is 1. The third-order valence-corrected chi connectivity index (χ3v) is 2.50. The number of esters is 1. The predicted octanol–water partition coefficient (Wildman–Crippen LogP) is -0.708. The summed E-state index contributed by atoms with van der Waals surface area (Å²) in [6, 6.07) is 0. The van der Waals surface area contributed by atoms with Crippen molar-refractivity contribution >= 4 is 5.97 Å². The number of hydrogen-bond acceptors (Lipinski definition) is 3. The van der Waals surface area contributed by atoms with Crippen molar-refractivity contribution < 1.29 is 19.6 Å². The quantitative estimate of drug-likeness (QED) is 0.595. The molecule has 1 rings (SSSR count). The maximum atomic E-state index is 11.6. The first-order valence-corrected chi connectivity index (χ1v) is 4.79. The van der Waals surface area contributed by atoms with E-state index in [4.69, 9.17) is 9.47 Å². The summed E-state index contributed by atoms with van der Waals surface area (Å²) in [6.45, 7) is 3.99. The van der Waals surface area contributed by atoms with E-state index in [1.807, 2.05) is 6.92 Å². The van der Waals surface area contributed by atoms with Crippen LogP contribution in [0.15, 0.2) is 0 Å². The number of methoxy groups -OCH3 is 1. The summed E-state index contributed by atoms with van der Waals surface area (Å²) >= 11 is 0. The van der Waals surface area contributed by atoms with Crippen LogP contribution in [-0.4, -0.2) is 38.4 Å². The van der Waals surface area contributed by atoms with Crippen LogP contribution in [0.5, 0.6) is 0 Å². The molecule has 2 N–H and O–H groups in total. The number of ether oxygens (including phenoxy) is 2. The van der Waals surface area contributed by atoms with Gasteiger partial charge in [-0.3, -0.25) is 0 Å². The fourth-order valence-corrected chi connectivity index (χ4v) is 1.69. The van der Waals surface area contributed by atoms with Crippen molar-refractivity contribution in [2.75, 3.05) is 26.8 Å². The Hall–Kier alpha value is -0.610. The lowest BCUT2D eigenvalue weighted by molar-refractivity contribution is -0.674. The van der Waals surface area contributed by atoms with E-state index in [9.17, 15) is 4.79 Å². The summed E-state index contributed by atoms with van der Waals surface area (Å²) in [5.41, 5.74) is -0.686. The zero-order valence-electron chi connectivity index (χ0n) is 8.34. The molecule has 1 heterocycles. The molecule has 1 aliphatic rings. The fraction of sp³-hybridized carbons (Fsp3) is 0.889. The van der Waals surface area contributed by atoms with Gasteiger partial charge in [0.1, 0.15) is 6.54 Å². The minimum absolute atomic E-state index is 0.214. The van der Waals surface area contributed by atoms with E-state index in [1.54, 1.807) is 7.11 Å². The highest BCUT2D eigenvalue weighted by molar-refractivity contribution is 5.79. The van der Waals surface area contributed by atoms with Crippen LogP contribution >= 0.6 is 0 Å². The second-order valence-electron chi connectivity index (χ2n) is 3.30. The Bertz CT molecular complexity index is 176. The average molecular weight is 188 g/mol. The maximum absolute atomic E-state index is 11.6. The molecule has 0 spiro atoms. The fourth-order valence-electron chi connectivity index (χ4n) is 1.69. The molecule has 0 aromatic heterocycles. The Kier molecular flexibility index (Phi) is 3.69. The molecular formula is C9H18NO3+. The van der Waals surface area contributed by atoms with Crippen molar-refractivity contribution in [2.45, 2.75) is 25.4 Å². The molecule has 0 aromatic rings. The van der Waals surface area contributed by atoms with E-state index in [0.29, 0.717) is 13.2 Å². The summed E-state index contributed by atoms with van der Waals surface area (Å²) in [5.74, 6) is -0.214. The Balaban J connectivity index is 2.61. The van der Waals surface area contributed by atoms with E-state index in [2.05, 4.69) is 5.32 Å². The number of carbonyl (C=O) groups is 1. The van der Waals surface area contributed by atoms with Crippen molar-refractivity contribution in [3.05, 3.63) is 0 Å². The van der Waals surface area contributed by atoms with Gasteiger partial charge in [-0.1, -0.05) is 0 Å². The first-order valence-electron chi connectivity index (χ1n) is 4.79. The third kappa shape index (κ3) is 2.19. The molecule has 0 aromatic carbocycles.